The SMILES string of the molecule is CC(I)=CCCl. The summed E-state index contributed by atoms with van der Waals surface area (Å²) in [6, 6.07) is 0. The minimum absolute atomic E-state index is 0.634. The van der Waals surface area contributed by atoms with E-state index in [1.165, 1.54) is 3.58 Å². The Morgan fingerprint density at radius 1 is 2.00 bits per heavy atom. The van der Waals surface area contributed by atoms with Crippen LogP contribution in [-0.2, 0) is 0 Å². The molecule has 0 aliphatic rings. The van der Waals surface area contributed by atoms with Crippen molar-refractivity contribution in [2.45, 2.75) is 6.92 Å². The van der Waals surface area contributed by atoms with Crippen molar-refractivity contribution in [1.29, 1.82) is 0 Å². The van der Waals surface area contributed by atoms with E-state index in [0.29, 0.717) is 5.88 Å². The van der Waals surface area contributed by atoms with Gasteiger partial charge in [-0.2, -0.15) is 0 Å². The molecule has 0 saturated carbocycles. The van der Waals surface area contributed by atoms with E-state index >= 15 is 0 Å². The molecular formula is C4H6ClI. The van der Waals surface area contributed by atoms with E-state index in [1.54, 1.807) is 0 Å². The van der Waals surface area contributed by atoms with Gasteiger partial charge in [-0.1, -0.05) is 6.08 Å². The van der Waals surface area contributed by atoms with E-state index in [4.69, 9.17) is 11.6 Å². The Balaban J connectivity index is 3.14. The lowest BCUT2D eigenvalue weighted by atomic mass is 10.6. The first kappa shape index (κ1) is 6.76. The Kier molecular flexibility index (Phi) is 4.43. The maximum atomic E-state index is 5.32. The molecule has 0 amide bonds. The first-order valence-corrected chi connectivity index (χ1v) is 3.27. The van der Waals surface area contributed by atoms with Crippen molar-refractivity contribution in [2.75, 3.05) is 5.88 Å². The van der Waals surface area contributed by atoms with Crippen LogP contribution in [0, 0.1) is 0 Å². The summed E-state index contributed by atoms with van der Waals surface area (Å²) in [4.78, 5) is 0. The van der Waals surface area contributed by atoms with Crippen LogP contribution in [0.4, 0.5) is 0 Å². The number of allylic oxidation sites excluding steroid dienone is 2. The van der Waals surface area contributed by atoms with Gasteiger partial charge < -0.3 is 0 Å². The Hall–Kier alpha value is 0.760. The second-order valence-electron chi connectivity index (χ2n) is 0.945. The Morgan fingerprint density at radius 2 is 2.50 bits per heavy atom. The monoisotopic (exact) mass is 216 g/mol. The van der Waals surface area contributed by atoms with Crippen LogP contribution in [0.15, 0.2) is 9.66 Å². The summed E-state index contributed by atoms with van der Waals surface area (Å²) in [5.41, 5.74) is 0. The fourth-order valence-electron chi connectivity index (χ4n) is 0.106. The molecular weight excluding hydrogens is 210 g/mol. The number of rotatable bonds is 1. The molecule has 0 aromatic heterocycles. The van der Waals surface area contributed by atoms with Gasteiger partial charge in [-0.05, 0) is 33.1 Å². The highest BCUT2D eigenvalue weighted by Crippen LogP contribution is 2.01. The summed E-state index contributed by atoms with van der Waals surface area (Å²) in [6.07, 6.45) is 1.96. The van der Waals surface area contributed by atoms with Crippen molar-refractivity contribution >= 4 is 34.2 Å². The van der Waals surface area contributed by atoms with Crippen molar-refractivity contribution in [2.24, 2.45) is 0 Å². The zero-order chi connectivity index (χ0) is 4.99. The third-order valence-electron chi connectivity index (χ3n) is 0.358. The molecule has 0 N–H and O–H groups in total. The van der Waals surface area contributed by atoms with Crippen molar-refractivity contribution in [3.05, 3.63) is 9.66 Å². The van der Waals surface area contributed by atoms with E-state index < -0.39 is 0 Å². The Labute approximate surface area is 56.7 Å². The van der Waals surface area contributed by atoms with E-state index in [0.717, 1.165) is 0 Å². The van der Waals surface area contributed by atoms with Crippen LogP contribution in [0.1, 0.15) is 6.92 Å². The van der Waals surface area contributed by atoms with Crippen molar-refractivity contribution in [3.8, 4) is 0 Å². The maximum Gasteiger partial charge on any atom is 0.0414 e. The van der Waals surface area contributed by atoms with Gasteiger partial charge in [0.05, 0.1) is 0 Å². The van der Waals surface area contributed by atoms with Crippen molar-refractivity contribution in [1.82, 2.24) is 0 Å². The van der Waals surface area contributed by atoms with Gasteiger partial charge >= 0.3 is 0 Å². The van der Waals surface area contributed by atoms with Crippen molar-refractivity contribution < 1.29 is 0 Å². The smallest absolute Gasteiger partial charge is 0.0414 e. The van der Waals surface area contributed by atoms with E-state index in [9.17, 15) is 0 Å². The standard InChI is InChI=1S/C4H6ClI/c1-4(6)2-3-5/h2H,3H2,1H3. The third kappa shape index (κ3) is 4.76. The third-order valence-corrected chi connectivity index (χ3v) is 0.953. The second kappa shape index (κ2) is 3.93. The zero-order valence-corrected chi connectivity index (χ0v) is 6.45. The Morgan fingerprint density at radius 3 is 2.50 bits per heavy atom. The van der Waals surface area contributed by atoms with E-state index in [1.807, 2.05) is 13.0 Å². The lowest BCUT2D eigenvalue weighted by Crippen LogP contribution is -1.58. The highest BCUT2D eigenvalue weighted by atomic mass is 127. The van der Waals surface area contributed by atoms with Gasteiger partial charge in [-0.3, -0.25) is 0 Å². The molecule has 0 bridgehead atoms. The largest absolute Gasteiger partial charge is 0.122 e. The summed E-state index contributed by atoms with van der Waals surface area (Å²) in [6.45, 7) is 2.02. The molecule has 0 fully saturated rings. The molecule has 0 unspecified atom stereocenters. The fraction of sp³-hybridized carbons (Fsp3) is 0.500. The minimum Gasteiger partial charge on any atom is -0.122 e. The molecule has 36 valence electrons. The van der Waals surface area contributed by atoms with Crippen LogP contribution in [0.5, 0.6) is 0 Å². The molecule has 0 aliphatic heterocycles. The number of hydrogen-bond acceptors (Lipinski definition) is 0. The van der Waals surface area contributed by atoms with Crippen LogP contribution in [-0.4, -0.2) is 5.88 Å². The number of alkyl halides is 1. The molecule has 0 atom stereocenters. The minimum atomic E-state index is 0.634. The number of hydrogen-bond donors (Lipinski definition) is 0. The van der Waals surface area contributed by atoms with Gasteiger partial charge in [-0.25, -0.2) is 0 Å². The first-order chi connectivity index (χ1) is 2.77. The van der Waals surface area contributed by atoms with Crippen LogP contribution in [0.25, 0.3) is 0 Å². The molecule has 2 heteroatoms. The van der Waals surface area contributed by atoms with Crippen LogP contribution in [0.2, 0.25) is 0 Å². The highest BCUT2D eigenvalue weighted by molar-refractivity contribution is 14.1. The molecule has 0 radical (unpaired) electrons. The topological polar surface area (TPSA) is 0 Å². The molecule has 0 aliphatic carbocycles. The van der Waals surface area contributed by atoms with Gasteiger partial charge in [0.25, 0.3) is 0 Å². The van der Waals surface area contributed by atoms with E-state index in [2.05, 4.69) is 22.6 Å². The normalized spacial score (nSPS) is 12.2. The summed E-state index contributed by atoms with van der Waals surface area (Å²) in [7, 11) is 0. The summed E-state index contributed by atoms with van der Waals surface area (Å²) < 4.78 is 1.25. The lowest BCUT2D eigenvalue weighted by molar-refractivity contribution is 1.63. The molecule has 0 aromatic rings. The predicted octanol–water partition coefficient (Wildman–Crippen LogP) is 2.56. The fourth-order valence-corrected chi connectivity index (χ4v) is 0.818. The van der Waals surface area contributed by atoms with Crippen LogP contribution >= 0.6 is 34.2 Å². The van der Waals surface area contributed by atoms with Gasteiger partial charge in [0, 0.05) is 5.88 Å². The lowest BCUT2D eigenvalue weighted by Gasteiger charge is -1.76. The molecule has 0 aromatic carbocycles. The molecule has 0 heterocycles. The molecule has 0 saturated heterocycles. The van der Waals surface area contributed by atoms with Gasteiger partial charge in [0.1, 0.15) is 0 Å². The second-order valence-corrected chi connectivity index (χ2v) is 2.96. The maximum absolute atomic E-state index is 5.32. The van der Waals surface area contributed by atoms with Crippen molar-refractivity contribution in [3.63, 3.8) is 0 Å². The van der Waals surface area contributed by atoms with Gasteiger partial charge in [0.2, 0.25) is 0 Å². The molecule has 0 nitrogen and oxygen atoms in total. The predicted molar refractivity (Wildman–Crippen MR) is 38.5 cm³/mol. The van der Waals surface area contributed by atoms with E-state index in [-0.39, 0.29) is 0 Å². The summed E-state index contributed by atoms with van der Waals surface area (Å²) >= 11 is 7.53. The zero-order valence-electron chi connectivity index (χ0n) is 3.54. The first-order valence-electron chi connectivity index (χ1n) is 1.65. The van der Waals surface area contributed by atoms with Gasteiger partial charge in [-0.15, -0.1) is 11.6 Å². The highest BCUT2D eigenvalue weighted by Gasteiger charge is 1.71. The number of halogens is 2. The Bertz CT molecular complexity index is 54.6. The van der Waals surface area contributed by atoms with Gasteiger partial charge in [0.15, 0.2) is 0 Å². The average molecular weight is 216 g/mol. The summed E-state index contributed by atoms with van der Waals surface area (Å²) in [5, 5.41) is 0. The quantitative estimate of drug-likeness (QED) is 0.467. The molecule has 0 rings (SSSR count). The summed E-state index contributed by atoms with van der Waals surface area (Å²) in [5.74, 6) is 0.634. The van der Waals surface area contributed by atoms with Crippen LogP contribution < -0.4 is 0 Å². The average Bonchev–Trinajstić information content (AvgIpc) is 1.35. The van der Waals surface area contributed by atoms with Crippen LogP contribution in [0.3, 0.4) is 0 Å². The molecule has 6 heavy (non-hydrogen) atoms. The molecule has 0 spiro atoms.